The van der Waals surface area contributed by atoms with E-state index in [4.69, 9.17) is 16.3 Å². The molecule has 1 saturated heterocycles. The van der Waals surface area contributed by atoms with Crippen LogP contribution in [0.5, 0.6) is 0 Å². The Kier molecular flexibility index (Phi) is 4.97. The molecule has 0 aliphatic carbocycles. The Morgan fingerprint density at radius 2 is 2.56 bits per heavy atom. The van der Waals surface area contributed by atoms with Crippen LogP contribution in [0.3, 0.4) is 0 Å². The van der Waals surface area contributed by atoms with Crippen molar-refractivity contribution in [1.82, 2.24) is 10.3 Å². The van der Waals surface area contributed by atoms with Crippen molar-refractivity contribution in [3.05, 3.63) is 16.1 Å². The molecule has 1 amide bonds. The van der Waals surface area contributed by atoms with Gasteiger partial charge in [-0.1, -0.05) is 0 Å². The van der Waals surface area contributed by atoms with Gasteiger partial charge in [0.15, 0.2) is 0 Å². The number of aromatic nitrogens is 1. The van der Waals surface area contributed by atoms with Crippen LogP contribution in [0.25, 0.3) is 0 Å². The Morgan fingerprint density at radius 3 is 3.17 bits per heavy atom. The second-order valence-electron chi connectivity index (χ2n) is 4.47. The SMILES string of the molecule is CC1OCCC1CNC(=O)Cc1nc(CCl)cs1. The molecule has 0 bridgehead atoms. The number of ether oxygens (including phenoxy) is 1. The number of carbonyl (C=O) groups is 1. The largest absolute Gasteiger partial charge is 0.378 e. The summed E-state index contributed by atoms with van der Waals surface area (Å²) in [5.74, 6) is 0.850. The van der Waals surface area contributed by atoms with E-state index in [2.05, 4.69) is 17.2 Å². The normalized spacial score (nSPS) is 23.2. The Hall–Kier alpha value is -0.650. The number of hydrogen-bond acceptors (Lipinski definition) is 4. The fourth-order valence-corrected chi connectivity index (χ4v) is 3.00. The molecule has 1 aromatic heterocycles. The summed E-state index contributed by atoms with van der Waals surface area (Å²) in [4.78, 5) is 16.0. The summed E-state index contributed by atoms with van der Waals surface area (Å²) in [6.45, 7) is 3.54. The van der Waals surface area contributed by atoms with Gasteiger partial charge in [-0.2, -0.15) is 0 Å². The molecular weight excluding hydrogens is 272 g/mol. The second-order valence-corrected chi connectivity index (χ2v) is 5.68. The molecule has 2 unspecified atom stereocenters. The molecule has 0 saturated carbocycles. The third-order valence-corrected chi connectivity index (χ3v) is 4.31. The number of carbonyl (C=O) groups excluding carboxylic acids is 1. The van der Waals surface area contributed by atoms with Gasteiger partial charge in [0.2, 0.25) is 5.91 Å². The van der Waals surface area contributed by atoms with E-state index in [-0.39, 0.29) is 12.0 Å². The molecule has 2 rings (SSSR count). The van der Waals surface area contributed by atoms with Crippen LogP contribution in [-0.4, -0.2) is 30.1 Å². The number of halogens is 1. The van der Waals surface area contributed by atoms with E-state index in [1.54, 1.807) is 0 Å². The average Bonchev–Trinajstić information content (AvgIpc) is 2.96. The zero-order valence-electron chi connectivity index (χ0n) is 10.3. The first kappa shape index (κ1) is 13.8. The van der Waals surface area contributed by atoms with Crippen LogP contribution in [0.1, 0.15) is 24.0 Å². The minimum atomic E-state index is 0.0181. The van der Waals surface area contributed by atoms with E-state index in [9.17, 15) is 4.79 Å². The van der Waals surface area contributed by atoms with Gasteiger partial charge in [0.25, 0.3) is 0 Å². The number of alkyl halides is 1. The predicted molar refractivity (Wildman–Crippen MR) is 71.9 cm³/mol. The van der Waals surface area contributed by atoms with Crippen LogP contribution in [0.2, 0.25) is 0 Å². The van der Waals surface area contributed by atoms with Crippen molar-refractivity contribution in [3.8, 4) is 0 Å². The van der Waals surface area contributed by atoms with Gasteiger partial charge in [0, 0.05) is 24.4 Å². The lowest BCUT2D eigenvalue weighted by atomic mass is 10.0. The van der Waals surface area contributed by atoms with E-state index < -0.39 is 0 Å². The lowest BCUT2D eigenvalue weighted by Crippen LogP contribution is -2.32. The van der Waals surface area contributed by atoms with Gasteiger partial charge in [0.1, 0.15) is 5.01 Å². The number of nitrogens with one attached hydrogen (secondary N) is 1. The van der Waals surface area contributed by atoms with Gasteiger partial charge in [-0.25, -0.2) is 4.98 Å². The molecule has 0 aromatic carbocycles. The number of rotatable bonds is 5. The zero-order valence-corrected chi connectivity index (χ0v) is 11.9. The molecule has 4 nitrogen and oxygen atoms in total. The Bertz CT molecular complexity index is 411. The summed E-state index contributed by atoms with van der Waals surface area (Å²) in [6, 6.07) is 0. The maximum atomic E-state index is 11.8. The first-order valence-electron chi connectivity index (χ1n) is 6.06. The third-order valence-electron chi connectivity index (χ3n) is 3.14. The lowest BCUT2D eigenvalue weighted by Gasteiger charge is -2.14. The highest BCUT2D eigenvalue weighted by Gasteiger charge is 2.24. The Morgan fingerprint density at radius 1 is 1.72 bits per heavy atom. The Labute approximate surface area is 116 Å². The zero-order chi connectivity index (χ0) is 13.0. The van der Waals surface area contributed by atoms with E-state index in [1.165, 1.54) is 11.3 Å². The molecule has 18 heavy (non-hydrogen) atoms. The minimum absolute atomic E-state index is 0.0181. The maximum absolute atomic E-state index is 11.8. The number of amides is 1. The van der Waals surface area contributed by atoms with Crippen molar-refractivity contribution in [2.24, 2.45) is 5.92 Å². The van der Waals surface area contributed by atoms with E-state index in [0.717, 1.165) is 23.7 Å². The van der Waals surface area contributed by atoms with Crippen molar-refractivity contribution >= 4 is 28.8 Å². The van der Waals surface area contributed by atoms with Crippen molar-refractivity contribution in [2.45, 2.75) is 31.7 Å². The topological polar surface area (TPSA) is 51.2 Å². The minimum Gasteiger partial charge on any atom is -0.378 e. The van der Waals surface area contributed by atoms with Gasteiger partial charge < -0.3 is 10.1 Å². The van der Waals surface area contributed by atoms with Crippen molar-refractivity contribution < 1.29 is 9.53 Å². The third kappa shape index (κ3) is 3.67. The summed E-state index contributed by atoms with van der Waals surface area (Å²) in [7, 11) is 0. The van der Waals surface area contributed by atoms with E-state index in [1.807, 2.05) is 5.38 Å². The molecule has 1 fully saturated rings. The molecular formula is C12H17ClN2O2S. The van der Waals surface area contributed by atoms with Crippen LogP contribution in [0.15, 0.2) is 5.38 Å². The van der Waals surface area contributed by atoms with Crippen LogP contribution in [0, 0.1) is 5.92 Å². The molecule has 0 spiro atoms. The summed E-state index contributed by atoms with van der Waals surface area (Å²) < 4.78 is 5.46. The maximum Gasteiger partial charge on any atom is 0.226 e. The monoisotopic (exact) mass is 288 g/mol. The van der Waals surface area contributed by atoms with Crippen LogP contribution in [-0.2, 0) is 21.8 Å². The Balaban J connectivity index is 1.74. The van der Waals surface area contributed by atoms with Gasteiger partial charge >= 0.3 is 0 Å². The molecule has 100 valence electrons. The standard InChI is InChI=1S/C12H17ClN2O2S/c1-8-9(2-3-17-8)6-14-11(16)4-12-15-10(5-13)7-18-12/h7-9H,2-6H2,1H3,(H,14,16). The van der Waals surface area contributed by atoms with Crippen molar-refractivity contribution in [3.63, 3.8) is 0 Å². The number of hydrogen-bond donors (Lipinski definition) is 1. The number of thiazole rings is 1. The number of nitrogens with zero attached hydrogens (tertiary/aromatic N) is 1. The fraction of sp³-hybridized carbons (Fsp3) is 0.667. The van der Waals surface area contributed by atoms with Crippen LogP contribution < -0.4 is 5.32 Å². The molecule has 1 aliphatic rings. The first-order chi connectivity index (χ1) is 8.69. The highest BCUT2D eigenvalue weighted by Crippen LogP contribution is 2.19. The van der Waals surface area contributed by atoms with Crippen molar-refractivity contribution in [1.29, 1.82) is 0 Å². The van der Waals surface area contributed by atoms with Crippen LogP contribution in [0.4, 0.5) is 0 Å². The highest BCUT2D eigenvalue weighted by molar-refractivity contribution is 7.09. The molecule has 6 heteroatoms. The summed E-state index contributed by atoms with van der Waals surface area (Å²) in [6.07, 6.45) is 1.60. The van der Waals surface area contributed by atoms with Gasteiger partial charge in [-0.3, -0.25) is 4.79 Å². The van der Waals surface area contributed by atoms with Crippen LogP contribution >= 0.6 is 22.9 Å². The van der Waals surface area contributed by atoms with Crippen molar-refractivity contribution in [2.75, 3.05) is 13.2 Å². The smallest absolute Gasteiger partial charge is 0.226 e. The quantitative estimate of drug-likeness (QED) is 0.843. The average molecular weight is 289 g/mol. The second kappa shape index (κ2) is 6.50. The van der Waals surface area contributed by atoms with Gasteiger partial charge in [-0.15, -0.1) is 22.9 Å². The summed E-state index contributed by atoms with van der Waals surface area (Å²) >= 11 is 7.15. The molecule has 1 N–H and O–H groups in total. The fourth-order valence-electron chi connectivity index (χ4n) is 1.98. The molecule has 2 atom stereocenters. The molecule has 0 radical (unpaired) electrons. The summed E-state index contributed by atoms with van der Waals surface area (Å²) in [5, 5.41) is 5.66. The molecule has 1 aliphatic heterocycles. The first-order valence-corrected chi connectivity index (χ1v) is 7.48. The van der Waals surface area contributed by atoms with E-state index in [0.29, 0.717) is 24.8 Å². The van der Waals surface area contributed by atoms with Gasteiger partial charge in [-0.05, 0) is 13.3 Å². The molecule has 2 heterocycles. The lowest BCUT2D eigenvalue weighted by molar-refractivity contribution is -0.120. The van der Waals surface area contributed by atoms with Gasteiger partial charge in [0.05, 0.1) is 24.1 Å². The molecule has 1 aromatic rings. The highest BCUT2D eigenvalue weighted by atomic mass is 35.5. The van der Waals surface area contributed by atoms with E-state index >= 15 is 0 Å². The summed E-state index contributed by atoms with van der Waals surface area (Å²) in [5.41, 5.74) is 0.835. The predicted octanol–water partition coefficient (Wildman–Crippen LogP) is 1.97.